The smallest absolute Gasteiger partial charge is 0.193 e. The molecule has 1 aliphatic heterocycles. The molecule has 0 bridgehead atoms. The molecule has 0 radical (unpaired) electrons. The number of hydrogen-bond acceptors (Lipinski definition) is 1. The van der Waals surface area contributed by atoms with Crippen molar-refractivity contribution < 1.29 is 0 Å². The summed E-state index contributed by atoms with van der Waals surface area (Å²) in [5.41, 5.74) is 0. The second-order valence-electron chi connectivity index (χ2n) is 2.32. The number of nitrogens with zero attached hydrogens (tertiary/aromatic N) is 2. The zero-order valence-corrected chi connectivity index (χ0v) is 8.02. The number of nitrogens with one attached hydrogen (secondary N) is 1. The lowest BCUT2D eigenvalue weighted by molar-refractivity contribution is 0.486. The van der Waals surface area contributed by atoms with Gasteiger partial charge in [-0.1, -0.05) is 13.8 Å². The van der Waals surface area contributed by atoms with Gasteiger partial charge >= 0.3 is 0 Å². The molecule has 1 N–H and O–H groups in total. The van der Waals surface area contributed by atoms with Crippen molar-refractivity contribution in [2.45, 2.75) is 20.8 Å². The molecule has 0 saturated carbocycles. The van der Waals surface area contributed by atoms with E-state index in [1.54, 1.807) is 0 Å². The van der Waals surface area contributed by atoms with E-state index in [4.69, 9.17) is 5.41 Å². The minimum atomic E-state index is 0.664. The first-order valence-corrected chi connectivity index (χ1v) is 4.30. The summed E-state index contributed by atoms with van der Waals surface area (Å²) in [4.78, 5) is 4.02. The van der Waals surface area contributed by atoms with Crippen molar-refractivity contribution in [2.24, 2.45) is 0 Å². The quantitative estimate of drug-likeness (QED) is 0.620. The SMILES string of the molecule is CC.CCN1CCN(C)C1=N. The molecule has 1 aliphatic rings. The Morgan fingerprint density at radius 2 is 1.91 bits per heavy atom. The predicted molar refractivity (Wildman–Crippen MR) is 49.0 cm³/mol. The normalized spacial score (nSPS) is 16.5. The molecule has 1 heterocycles. The fraction of sp³-hybridized carbons (Fsp3) is 0.875. The van der Waals surface area contributed by atoms with Crippen LogP contribution in [0.1, 0.15) is 20.8 Å². The number of hydrogen-bond donors (Lipinski definition) is 1. The highest BCUT2D eigenvalue weighted by molar-refractivity contribution is 5.78. The molecule has 0 atom stereocenters. The predicted octanol–water partition coefficient (Wildman–Crippen LogP) is 1.21. The zero-order valence-electron chi connectivity index (χ0n) is 8.02. The van der Waals surface area contributed by atoms with Gasteiger partial charge in [-0.15, -0.1) is 0 Å². The minimum Gasteiger partial charge on any atom is -0.344 e. The first-order chi connectivity index (χ1) is 5.25. The van der Waals surface area contributed by atoms with Crippen molar-refractivity contribution in [1.82, 2.24) is 9.80 Å². The Morgan fingerprint density at radius 1 is 1.36 bits per heavy atom. The van der Waals surface area contributed by atoms with Gasteiger partial charge in [0, 0.05) is 26.7 Å². The zero-order chi connectivity index (χ0) is 8.85. The van der Waals surface area contributed by atoms with Crippen molar-refractivity contribution in [2.75, 3.05) is 26.7 Å². The van der Waals surface area contributed by atoms with Crippen molar-refractivity contribution in [3.05, 3.63) is 0 Å². The van der Waals surface area contributed by atoms with Gasteiger partial charge in [-0.2, -0.15) is 0 Å². The summed E-state index contributed by atoms with van der Waals surface area (Å²) in [7, 11) is 1.96. The molecule has 1 rings (SSSR count). The third-order valence-electron chi connectivity index (χ3n) is 1.75. The fourth-order valence-electron chi connectivity index (χ4n) is 1.03. The summed E-state index contributed by atoms with van der Waals surface area (Å²) in [5.74, 6) is 0.664. The Morgan fingerprint density at radius 3 is 2.09 bits per heavy atom. The van der Waals surface area contributed by atoms with E-state index in [-0.39, 0.29) is 0 Å². The van der Waals surface area contributed by atoms with Crippen LogP contribution < -0.4 is 0 Å². The van der Waals surface area contributed by atoms with Crippen LogP contribution in [0.15, 0.2) is 0 Å². The molecule has 3 heteroatoms. The Hall–Kier alpha value is -0.730. The van der Waals surface area contributed by atoms with Gasteiger partial charge in [0.15, 0.2) is 5.96 Å². The largest absolute Gasteiger partial charge is 0.344 e. The van der Waals surface area contributed by atoms with E-state index in [1.807, 2.05) is 25.8 Å². The molecule has 0 spiro atoms. The van der Waals surface area contributed by atoms with Crippen LogP contribution in [0, 0.1) is 5.41 Å². The monoisotopic (exact) mass is 157 g/mol. The van der Waals surface area contributed by atoms with E-state index < -0.39 is 0 Å². The van der Waals surface area contributed by atoms with Crippen LogP contribution in [-0.2, 0) is 0 Å². The van der Waals surface area contributed by atoms with Gasteiger partial charge < -0.3 is 9.80 Å². The summed E-state index contributed by atoms with van der Waals surface area (Å²) < 4.78 is 0. The van der Waals surface area contributed by atoms with Gasteiger partial charge in [-0.3, -0.25) is 5.41 Å². The van der Waals surface area contributed by atoms with E-state index >= 15 is 0 Å². The maximum absolute atomic E-state index is 7.46. The van der Waals surface area contributed by atoms with Gasteiger partial charge in [0.25, 0.3) is 0 Å². The summed E-state index contributed by atoms with van der Waals surface area (Å²) in [6.45, 7) is 9.06. The van der Waals surface area contributed by atoms with Gasteiger partial charge in [0.05, 0.1) is 0 Å². The number of rotatable bonds is 1. The summed E-state index contributed by atoms with van der Waals surface area (Å²) in [6, 6.07) is 0. The molecule has 3 nitrogen and oxygen atoms in total. The Bertz CT molecular complexity index is 123. The maximum atomic E-state index is 7.46. The molecule has 1 saturated heterocycles. The van der Waals surface area contributed by atoms with E-state index in [2.05, 4.69) is 11.8 Å². The molecule has 0 aliphatic carbocycles. The van der Waals surface area contributed by atoms with E-state index in [0.717, 1.165) is 19.6 Å². The average molecular weight is 157 g/mol. The van der Waals surface area contributed by atoms with Gasteiger partial charge in [-0.05, 0) is 6.92 Å². The maximum Gasteiger partial charge on any atom is 0.193 e. The second kappa shape index (κ2) is 4.99. The van der Waals surface area contributed by atoms with Crippen LogP contribution in [0.2, 0.25) is 0 Å². The van der Waals surface area contributed by atoms with Crippen molar-refractivity contribution in [3.63, 3.8) is 0 Å². The third-order valence-corrected chi connectivity index (χ3v) is 1.75. The van der Waals surface area contributed by atoms with Crippen LogP contribution in [0.4, 0.5) is 0 Å². The molecule has 0 unspecified atom stereocenters. The fourth-order valence-corrected chi connectivity index (χ4v) is 1.03. The van der Waals surface area contributed by atoms with Crippen LogP contribution in [-0.4, -0.2) is 42.4 Å². The molecule has 0 amide bonds. The summed E-state index contributed by atoms with van der Waals surface area (Å²) >= 11 is 0. The molecule has 0 aromatic heterocycles. The molecule has 66 valence electrons. The average Bonchev–Trinajstić information content (AvgIpc) is 2.37. The van der Waals surface area contributed by atoms with Crippen LogP contribution in [0.3, 0.4) is 0 Å². The Balaban J connectivity index is 0.000000461. The van der Waals surface area contributed by atoms with Crippen LogP contribution in [0.25, 0.3) is 0 Å². The third kappa shape index (κ3) is 2.41. The van der Waals surface area contributed by atoms with Crippen LogP contribution in [0.5, 0.6) is 0 Å². The highest BCUT2D eigenvalue weighted by atomic mass is 15.4. The lowest BCUT2D eigenvalue weighted by Crippen LogP contribution is -2.29. The number of guanidine groups is 1. The Kier molecular flexibility index (Phi) is 4.66. The van der Waals surface area contributed by atoms with Gasteiger partial charge in [-0.25, -0.2) is 0 Å². The Labute approximate surface area is 69.5 Å². The van der Waals surface area contributed by atoms with Crippen LogP contribution >= 0.6 is 0 Å². The molecule has 1 fully saturated rings. The first kappa shape index (κ1) is 10.3. The van der Waals surface area contributed by atoms with Crippen molar-refractivity contribution >= 4 is 5.96 Å². The first-order valence-electron chi connectivity index (χ1n) is 4.30. The summed E-state index contributed by atoms with van der Waals surface area (Å²) in [5, 5.41) is 7.46. The highest BCUT2D eigenvalue weighted by Crippen LogP contribution is 2.02. The standard InChI is InChI=1S/C6H13N3.C2H6/c1-3-9-5-4-8(2)6(9)7;1-2/h7H,3-5H2,1-2H3;1-2H3. The molecular weight excluding hydrogens is 138 g/mol. The molecule has 0 aromatic rings. The second-order valence-corrected chi connectivity index (χ2v) is 2.32. The van der Waals surface area contributed by atoms with Crippen molar-refractivity contribution in [3.8, 4) is 0 Å². The van der Waals surface area contributed by atoms with E-state index in [9.17, 15) is 0 Å². The van der Waals surface area contributed by atoms with Crippen molar-refractivity contribution in [1.29, 1.82) is 5.41 Å². The topological polar surface area (TPSA) is 30.3 Å². The van der Waals surface area contributed by atoms with E-state index in [1.165, 1.54) is 0 Å². The number of likely N-dealkylation sites (N-methyl/N-ethyl adjacent to an activating group) is 2. The lowest BCUT2D eigenvalue weighted by atomic mass is 10.6. The minimum absolute atomic E-state index is 0.664. The van der Waals surface area contributed by atoms with E-state index in [0.29, 0.717) is 5.96 Å². The molecule has 11 heavy (non-hydrogen) atoms. The lowest BCUT2D eigenvalue weighted by Gasteiger charge is -2.15. The molecular formula is C8H19N3. The highest BCUT2D eigenvalue weighted by Gasteiger charge is 2.18. The molecule has 0 aromatic carbocycles. The van der Waals surface area contributed by atoms with Gasteiger partial charge in [0.2, 0.25) is 0 Å². The summed E-state index contributed by atoms with van der Waals surface area (Å²) in [6.07, 6.45) is 0. The van der Waals surface area contributed by atoms with Gasteiger partial charge in [0.1, 0.15) is 0 Å².